The SMILES string of the molecule is COCCOCCOCCOc1ccc(C#N)c(Cl)c1. The molecule has 0 aliphatic heterocycles. The lowest BCUT2D eigenvalue weighted by Crippen LogP contribution is -2.12. The molecular formula is C14H18ClNO4. The van der Waals surface area contributed by atoms with Crippen molar-refractivity contribution in [2.24, 2.45) is 0 Å². The average molecular weight is 300 g/mol. The van der Waals surface area contributed by atoms with E-state index in [1.807, 2.05) is 6.07 Å². The lowest BCUT2D eigenvalue weighted by atomic mass is 10.2. The van der Waals surface area contributed by atoms with Gasteiger partial charge >= 0.3 is 0 Å². The van der Waals surface area contributed by atoms with Crippen molar-refractivity contribution in [1.82, 2.24) is 0 Å². The van der Waals surface area contributed by atoms with Crippen LogP contribution in [0.4, 0.5) is 0 Å². The molecule has 5 nitrogen and oxygen atoms in total. The Hall–Kier alpha value is -1.32. The third-order valence-electron chi connectivity index (χ3n) is 2.36. The maximum atomic E-state index is 8.74. The van der Waals surface area contributed by atoms with Crippen LogP contribution in [-0.4, -0.2) is 46.8 Å². The van der Waals surface area contributed by atoms with E-state index in [4.69, 9.17) is 35.8 Å². The van der Waals surface area contributed by atoms with Crippen molar-refractivity contribution < 1.29 is 18.9 Å². The summed E-state index contributed by atoms with van der Waals surface area (Å²) in [5.74, 6) is 0.619. The van der Waals surface area contributed by atoms with Gasteiger partial charge in [0.2, 0.25) is 0 Å². The second-order valence-electron chi connectivity index (χ2n) is 3.82. The highest BCUT2D eigenvalue weighted by Crippen LogP contribution is 2.21. The lowest BCUT2D eigenvalue weighted by molar-refractivity contribution is 0.0180. The minimum Gasteiger partial charge on any atom is -0.491 e. The van der Waals surface area contributed by atoms with Crippen molar-refractivity contribution in [1.29, 1.82) is 5.26 Å². The van der Waals surface area contributed by atoms with E-state index in [2.05, 4.69) is 0 Å². The molecule has 0 bridgehead atoms. The number of hydrogen-bond acceptors (Lipinski definition) is 5. The van der Waals surface area contributed by atoms with Crippen LogP contribution in [0.3, 0.4) is 0 Å². The molecule has 0 aliphatic rings. The normalized spacial score (nSPS) is 10.2. The fraction of sp³-hybridized carbons (Fsp3) is 0.500. The number of ether oxygens (including phenoxy) is 4. The molecule has 20 heavy (non-hydrogen) atoms. The van der Waals surface area contributed by atoms with Gasteiger partial charge in [-0.3, -0.25) is 0 Å². The highest BCUT2D eigenvalue weighted by atomic mass is 35.5. The van der Waals surface area contributed by atoms with Gasteiger partial charge in [-0.05, 0) is 12.1 Å². The molecule has 0 aromatic heterocycles. The second-order valence-corrected chi connectivity index (χ2v) is 4.23. The standard InChI is InChI=1S/C14H18ClNO4/c1-17-4-5-18-6-7-19-8-9-20-13-3-2-12(11-16)14(15)10-13/h2-3,10H,4-9H2,1H3. The average Bonchev–Trinajstić information content (AvgIpc) is 2.46. The number of benzene rings is 1. The predicted octanol–water partition coefficient (Wildman–Crippen LogP) is 2.27. The molecule has 0 radical (unpaired) electrons. The van der Waals surface area contributed by atoms with Crippen molar-refractivity contribution in [2.45, 2.75) is 0 Å². The summed E-state index contributed by atoms with van der Waals surface area (Å²) in [6, 6.07) is 6.95. The number of rotatable bonds is 10. The molecule has 6 heteroatoms. The zero-order valence-electron chi connectivity index (χ0n) is 11.4. The highest BCUT2D eigenvalue weighted by Gasteiger charge is 2.01. The Bertz CT molecular complexity index is 434. The first-order chi connectivity index (χ1) is 9.77. The van der Waals surface area contributed by atoms with Crippen molar-refractivity contribution in [2.75, 3.05) is 46.8 Å². The molecule has 0 unspecified atom stereocenters. The molecule has 0 saturated heterocycles. The van der Waals surface area contributed by atoms with Crippen LogP contribution in [0.2, 0.25) is 5.02 Å². The number of hydrogen-bond donors (Lipinski definition) is 0. The van der Waals surface area contributed by atoms with E-state index >= 15 is 0 Å². The third kappa shape index (κ3) is 6.73. The van der Waals surface area contributed by atoms with Crippen molar-refractivity contribution in [3.05, 3.63) is 28.8 Å². The fourth-order valence-electron chi connectivity index (χ4n) is 1.36. The molecule has 0 spiro atoms. The molecular weight excluding hydrogens is 282 g/mol. The zero-order valence-corrected chi connectivity index (χ0v) is 12.2. The van der Waals surface area contributed by atoms with Gasteiger partial charge in [0, 0.05) is 13.2 Å². The first-order valence-corrected chi connectivity index (χ1v) is 6.62. The second kappa shape index (κ2) is 10.5. The first-order valence-electron chi connectivity index (χ1n) is 6.25. The summed E-state index contributed by atoms with van der Waals surface area (Å²) in [7, 11) is 1.63. The van der Waals surface area contributed by atoms with Crippen molar-refractivity contribution in [3.63, 3.8) is 0 Å². The topological polar surface area (TPSA) is 60.7 Å². The predicted molar refractivity (Wildman–Crippen MR) is 75.2 cm³/mol. The molecule has 0 amide bonds. The van der Waals surface area contributed by atoms with Gasteiger partial charge in [-0.2, -0.15) is 5.26 Å². The molecule has 0 fully saturated rings. The molecule has 1 aromatic carbocycles. The van der Waals surface area contributed by atoms with Crippen LogP contribution >= 0.6 is 11.6 Å². The summed E-state index contributed by atoms with van der Waals surface area (Å²) in [6.45, 7) is 3.08. The quantitative estimate of drug-likeness (QED) is 0.620. The van der Waals surface area contributed by atoms with Crippen molar-refractivity contribution in [3.8, 4) is 11.8 Å². The smallest absolute Gasteiger partial charge is 0.120 e. The summed E-state index contributed by atoms with van der Waals surface area (Å²) in [5.41, 5.74) is 0.434. The van der Waals surface area contributed by atoms with Crippen LogP contribution in [0.25, 0.3) is 0 Å². The minimum atomic E-state index is 0.387. The van der Waals surface area contributed by atoms with Crippen LogP contribution < -0.4 is 4.74 Å². The van der Waals surface area contributed by atoms with E-state index in [0.717, 1.165) is 0 Å². The highest BCUT2D eigenvalue weighted by molar-refractivity contribution is 6.31. The maximum absolute atomic E-state index is 8.74. The van der Waals surface area contributed by atoms with E-state index < -0.39 is 0 Å². The summed E-state index contributed by atoms with van der Waals surface area (Å²) in [4.78, 5) is 0. The molecule has 1 rings (SSSR count). The van der Waals surface area contributed by atoms with Gasteiger partial charge in [-0.15, -0.1) is 0 Å². The van der Waals surface area contributed by atoms with Gasteiger partial charge in [-0.25, -0.2) is 0 Å². The van der Waals surface area contributed by atoms with Crippen LogP contribution in [0.5, 0.6) is 5.75 Å². The van der Waals surface area contributed by atoms with Gasteiger partial charge in [-0.1, -0.05) is 11.6 Å². The summed E-state index contributed by atoms with van der Waals surface area (Å²) in [6.07, 6.45) is 0. The van der Waals surface area contributed by atoms with E-state index in [1.165, 1.54) is 0 Å². The summed E-state index contributed by atoms with van der Waals surface area (Å²) in [5, 5.41) is 9.13. The summed E-state index contributed by atoms with van der Waals surface area (Å²) >= 11 is 5.89. The van der Waals surface area contributed by atoms with Gasteiger partial charge in [0.15, 0.2) is 0 Å². The Morgan fingerprint density at radius 3 is 2.30 bits per heavy atom. The van der Waals surface area contributed by atoms with Gasteiger partial charge in [0.25, 0.3) is 0 Å². The zero-order chi connectivity index (χ0) is 14.6. The van der Waals surface area contributed by atoms with Crippen LogP contribution in [0, 0.1) is 11.3 Å². The molecule has 1 aromatic rings. The van der Waals surface area contributed by atoms with E-state index in [9.17, 15) is 0 Å². The van der Waals surface area contributed by atoms with Crippen molar-refractivity contribution >= 4 is 11.6 Å². The van der Waals surface area contributed by atoms with Gasteiger partial charge < -0.3 is 18.9 Å². The Morgan fingerprint density at radius 1 is 1.05 bits per heavy atom. The first kappa shape index (κ1) is 16.7. The van der Waals surface area contributed by atoms with Crippen LogP contribution in [0.15, 0.2) is 18.2 Å². The van der Waals surface area contributed by atoms with Crippen LogP contribution in [-0.2, 0) is 14.2 Å². The van der Waals surface area contributed by atoms with E-state index in [1.54, 1.807) is 25.3 Å². The Labute approximate surface area is 124 Å². The maximum Gasteiger partial charge on any atom is 0.120 e. The van der Waals surface area contributed by atoms with Gasteiger partial charge in [0.05, 0.1) is 43.6 Å². The monoisotopic (exact) mass is 299 g/mol. The van der Waals surface area contributed by atoms with Crippen LogP contribution in [0.1, 0.15) is 5.56 Å². The Kier molecular flexibility index (Phi) is 8.76. The Morgan fingerprint density at radius 2 is 1.70 bits per heavy atom. The van der Waals surface area contributed by atoms with Gasteiger partial charge in [0.1, 0.15) is 18.4 Å². The van der Waals surface area contributed by atoms with E-state index in [-0.39, 0.29) is 0 Å². The number of halogens is 1. The number of methoxy groups -OCH3 is 1. The van der Waals surface area contributed by atoms with E-state index in [0.29, 0.717) is 56.0 Å². The molecule has 0 N–H and O–H groups in total. The lowest BCUT2D eigenvalue weighted by Gasteiger charge is -2.08. The molecule has 0 aliphatic carbocycles. The number of nitriles is 1. The third-order valence-corrected chi connectivity index (χ3v) is 2.67. The largest absolute Gasteiger partial charge is 0.491 e. The molecule has 110 valence electrons. The summed E-state index contributed by atoms with van der Waals surface area (Å²) < 4.78 is 20.9. The number of nitrogens with zero attached hydrogens (tertiary/aromatic N) is 1. The fourth-order valence-corrected chi connectivity index (χ4v) is 1.57. The molecule has 0 atom stereocenters. The Balaban J connectivity index is 2.07. The molecule has 0 saturated carbocycles. The minimum absolute atomic E-state index is 0.387. The molecule has 0 heterocycles.